The van der Waals surface area contributed by atoms with Crippen LogP contribution >= 0.6 is 15.9 Å². The average Bonchev–Trinajstić information content (AvgIpc) is 2.01. The van der Waals surface area contributed by atoms with Crippen LogP contribution in [0.15, 0.2) is 0 Å². The van der Waals surface area contributed by atoms with Gasteiger partial charge in [0.2, 0.25) is 0 Å². The summed E-state index contributed by atoms with van der Waals surface area (Å²) in [6, 6.07) is 0. The van der Waals surface area contributed by atoms with Gasteiger partial charge in [-0.3, -0.25) is 0 Å². The molecule has 0 amide bonds. The molecule has 0 rings (SSSR count). The van der Waals surface area contributed by atoms with Crippen LogP contribution in [0.4, 0.5) is 13.2 Å². The number of unbranched alkanes of at least 4 members (excludes halogenated alkanes) is 2. The van der Waals surface area contributed by atoms with Gasteiger partial charge < -0.3 is 0 Å². The van der Waals surface area contributed by atoms with E-state index in [0.29, 0.717) is 6.42 Å². The zero-order chi connectivity index (χ0) is 12.1. The molecule has 1 atom stereocenters. The maximum absolute atomic E-state index is 11.8. The van der Waals surface area contributed by atoms with Gasteiger partial charge in [-0.25, -0.2) is 4.18 Å². The van der Waals surface area contributed by atoms with E-state index in [2.05, 4.69) is 20.1 Å². The summed E-state index contributed by atoms with van der Waals surface area (Å²) in [5, 5.41) is -1.12. The van der Waals surface area contributed by atoms with Gasteiger partial charge in [0.25, 0.3) is 0 Å². The largest absolute Gasteiger partial charge is 0.523 e. The number of hydrogen-bond donors (Lipinski definition) is 0. The molecular formula is C7H12BrF3O3S. The smallest absolute Gasteiger partial charge is 0.248 e. The summed E-state index contributed by atoms with van der Waals surface area (Å²) in [5.41, 5.74) is -5.36. The second kappa shape index (κ2) is 6.05. The summed E-state index contributed by atoms with van der Waals surface area (Å²) in [5.74, 6) is 0. The Kier molecular flexibility index (Phi) is 6.12. The van der Waals surface area contributed by atoms with Crippen LogP contribution in [0, 0.1) is 0 Å². The summed E-state index contributed by atoms with van der Waals surface area (Å²) in [7, 11) is -5.48. The van der Waals surface area contributed by atoms with Gasteiger partial charge in [0.1, 0.15) is 5.01 Å². The van der Waals surface area contributed by atoms with Crippen molar-refractivity contribution in [2.75, 3.05) is 0 Å². The molecule has 0 bridgehead atoms. The van der Waals surface area contributed by atoms with Gasteiger partial charge in [-0.1, -0.05) is 35.7 Å². The molecule has 0 saturated heterocycles. The van der Waals surface area contributed by atoms with Gasteiger partial charge >= 0.3 is 15.6 Å². The van der Waals surface area contributed by atoms with Gasteiger partial charge in [-0.05, 0) is 12.8 Å². The molecule has 0 aromatic carbocycles. The molecule has 3 nitrogen and oxygen atoms in total. The van der Waals surface area contributed by atoms with Crippen LogP contribution in [0.25, 0.3) is 0 Å². The van der Waals surface area contributed by atoms with E-state index in [1.54, 1.807) is 0 Å². The highest BCUT2D eigenvalue weighted by atomic mass is 79.9. The quantitative estimate of drug-likeness (QED) is 0.327. The van der Waals surface area contributed by atoms with Crippen molar-refractivity contribution in [2.45, 2.75) is 43.1 Å². The predicted octanol–water partition coefficient (Wildman–Crippen LogP) is 3.15. The van der Waals surface area contributed by atoms with E-state index in [1.165, 1.54) is 0 Å². The van der Waals surface area contributed by atoms with Gasteiger partial charge in [0.15, 0.2) is 0 Å². The fourth-order valence-corrected chi connectivity index (χ4v) is 2.20. The van der Waals surface area contributed by atoms with E-state index in [9.17, 15) is 21.6 Å². The Balaban J connectivity index is 4.12. The highest BCUT2D eigenvalue weighted by Gasteiger charge is 2.48. The minimum Gasteiger partial charge on any atom is -0.248 e. The SMILES string of the molecule is CCCCCC(Br)OS(=O)(=O)C(F)(F)F. The van der Waals surface area contributed by atoms with Crippen LogP contribution in [0.3, 0.4) is 0 Å². The molecule has 0 aromatic rings. The van der Waals surface area contributed by atoms with Crippen molar-refractivity contribution in [1.82, 2.24) is 0 Å². The minimum atomic E-state index is -5.48. The standard InChI is InChI=1S/C7H12BrF3O3S/c1-2-3-4-5-6(8)14-15(12,13)7(9,10)11/h6H,2-5H2,1H3. The van der Waals surface area contributed by atoms with E-state index in [1.807, 2.05) is 6.92 Å². The Morgan fingerprint density at radius 3 is 2.27 bits per heavy atom. The Bertz CT molecular complexity index is 276. The lowest BCUT2D eigenvalue weighted by atomic mass is 10.2. The summed E-state index contributed by atoms with van der Waals surface area (Å²) in [4.78, 5) is 0. The van der Waals surface area contributed by atoms with Gasteiger partial charge in [-0.15, -0.1) is 0 Å². The third-order valence-corrected chi connectivity index (χ3v) is 3.49. The maximum atomic E-state index is 11.8. The highest BCUT2D eigenvalue weighted by Crippen LogP contribution is 2.28. The van der Waals surface area contributed by atoms with Crippen molar-refractivity contribution < 1.29 is 25.8 Å². The van der Waals surface area contributed by atoms with Crippen LogP contribution in [-0.4, -0.2) is 18.9 Å². The molecule has 15 heavy (non-hydrogen) atoms. The number of hydrogen-bond acceptors (Lipinski definition) is 3. The first-order chi connectivity index (χ1) is 6.70. The molecule has 1 unspecified atom stereocenters. The molecule has 0 spiro atoms. The van der Waals surface area contributed by atoms with Crippen molar-refractivity contribution in [3.8, 4) is 0 Å². The second-order valence-electron chi connectivity index (χ2n) is 2.90. The Morgan fingerprint density at radius 1 is 1.33 bits per heavy atom. The summed E-state index contributed by atoms with van der Waals surface area (Å²) in [6.45, 7) is 1.93. The predicted molar refractivity (Wildman–Crippen MR) is 52.9 cm³/mol. The van der Waals surface area contributed by atoms with Crippen molar-refractivity contribution in [3.05, 3.63) is 0 Å². The molecular weight excluding hydrogens is 301 g/mol. The third kappa shape index (κ3) is 5.72. The lowest BCUT2D eigenvalue weighted by molar-refractivity contribution is -0.0549. The highest BCUT2D eigenvalue weighted by molar-refractivity contribution is 9.09. The fraction of sp³-hybridized carbons (Fsp3) is 1.00. The Morgan fingerprint density at radius 2 is 1.87 bits per heavy atom. The molecule has 0 aliphatic rings. The van der Waals surface area contributed by atoms with Crippen LogP contribution in [0.2, 0.25) is 0 Å². The van der Waals surface area contributed by atoms with Crippen molar-refractivity contribution >= 4 is 26.0 Å². The van der Waals surface area contributed by atoms with Crippen molar-refractivity contribution in [1.29, 1.82) is 0 Å². The van der Waals surface area contributed by atoms with Gasteiger partial charge in [-0.2, -0.15) is 21.6 Å². The Hall–Kier alpha value is 0.180. The summed E-state index contributed by atoms with van der Waals surface area (Å²) < 4.78 is 60.5. The van der Waals surface area contributed by atoms with Gasteiger partial charge in [0, 0.05) is 0 Å². The van der Waals surface area contributed by atoms with E-state index in [4.69, 9.17) is 0 Å². The topological polar surface area (TPSA) is 43.4 Å². The fourth-order valence-electron chi connectivity index (χ4n) is 0.795. The summed E-state index contributed by atoms with van der Waals surface area (Å²) in [6.07, 6.45) is 2.55. The number of halogens is 4. The second-order valence-corrected chi connectivity index (χ2v) is 5.49. The van der Waals surface area contributed by atoms with Crippen LogP contribution in [0.5, 0.6) is 0 Å². The minimum absolute atomic E-state index is 0.225. The summed E-state index contributed by atoms with van der Waals surface area (Å²) >= 11 is 2.73. The molecule has 0 aliphatic carbocycles. The molecule has 0 saturated carbocycles. The van der Waals surface area contributed by atoms with Crippen LogP contribution in [-0.2, 0) is 14.3 Å². The maximum Gasteiger partial charge on any atom is 0.523 e. The molecule has 0 aromatic heterocycles. The number of alkyl halides is 4. The lowest BCUT2D eigenvalue weighted by Gasteiger charge is -2.12. The monoisotopic (exact) mass is 312 g/mol. The number of rotatable bonds is 6. The third-order valence-electron chi connectivity index (χ3n) is 1.55. The van der Waals surface area contributed by atoms with Crippen LogP contribution in [0.1, 0.15) is 32.6 Å². The molecule has 0 N–H and O–H groups in total. The normalized spacial score (nSPS) is 15.3. The van der Waals surface area contributed by atoms with Gasteiger partial charge in [0.05, 0.1) is 0 Å². The first-order valence-corrected chi connectivity index (χ1v) is 6.66. The molecule has 0 aliphatic heterocycles. The van der Waals surface area contributed by atoms with E-state index in [-0.39, 0.29) is 6.42 Å². The molecule has 8 heteroatoms. The molecule has 0 fully saturated rings. The zero-order valence-electron chi connectivity index (χ0n) is 8.05. The van der Waals surface area contributed by atoms with Crippen molar-refractivity contribution in [3.63, 3.8) is 0 Å². The van der Waals surface area contributed by atoms with Crippen LogP contribution < -0.4 is 0 Å². The molecule has 92 valence electrons. The van der Waals surface area contributed by atoms with E-state index >= 15 is 0 Å². The average molecular weight is 313 g/mol. The van der Waals surface area contributed by atoms with Crippen molar-refractivity contribution in [2.24, 2.45) is 0 Å². The first kappa shape index (κ1) is 15.2. The zero-order valence-corrected chi connectivity index (χ0v) is 10.5. The van der Waals surface area contributed by atoms with E-state index < -0.39 is 20.6 Å². The molecule has 0 heterocycles. The molecule has 0 radical (unpaired) electrons. The van der Waals surface area contributed by atoms with E-state index in [0.717, 1.165) is 12.8 Å². The lowest BCUT2D eigenvalue weighted by Crippen LogP contribution is -2.28. The Labute approximate surface area is 95.2 Å². The first-order valence-electron chi connectivity index (χ1n) is 4.34.